The summed E-state index contributed by atoms with van der Waals surface area (Å²) in [6, 6.07) is 7.18. The molecule has 1 aliphatic carbocycles. The van der Waals surface area contributed by atoms with Gasteiger partial charge >= 0.3 is 0 Å². The topological polar surface area (TPSA) is 24.1 Å². The molecule has 2 rings (SSSR count). The Morgan fingerprint density at radius 3 is 2.80 bits per heavy atom. The van der Waals surface area contributed by atoms with Crippen LogP contribution in [0.25, 0.3) is 0 Å². The molecule has 1 aromatic rings. The minimum Gasteiger partial charge on any atom is -0.384 e. The monoisotopic (exact) mass is 268 g/mol. The number of halogens is 1. The molecule has 0 spiro atoms. The van der Waals surface area contributed by atoms with Crippen molar-refractivity contribution in [3.05, 3.63) is 28.2 Å². The maximum Gasteiger partial charge on any atom is 0.0352 e. The second-order valence-electron chi connectivity index (χ2n) is 4.12. The molecule has 2 N–H and O–H groups in total. The van der Waals surface area contributed by atoms with E-state index in [0.717, 1.165) is 19.1 Å². The summed E-state index contributed by atoms with van der Waals surface area (Å²) in [6.07, 6.45) is 2.71. The van der Waals surface area contributed by atoms with Gasteiger partial charge in [0.05, 0.1) is 0 Å². The first-order valence-electron chi connectivity index (χ1n) is 5.49. The molecule has 2 nitrogen and oxygen atoms in total. The molecule has 0 saturated heterocycles. The van der Waals surface area contributed by atoms with Gasteiger partial charge in [-0.15, -0.1) is 0 Å². The van der Waals surface area contributed by atoms with Gasteiger partial charge in [-0.25, -0.2) is 0 Å². The van der Waals surface area contributed by atoms with Crippen molar-refractivity contribution in [2.75, 3.05) is 18.4 Å². The predicted octanol–water partition coefficient (Wildman–Crippen LogP) is 2.92. The van der Waals surface area contributed by atoms with Crippen molar-refractivity contribution in [1.82, 2.24) is 5.32 Å². The van der Waals surface area contributed by atoms with Gasteiger partial charge in [0.1, 0.15) is 0 Å². The lowest BCUT2D eigenvalue weighted by Crippen LogP contribution is -2.23. The smallest absolute Gasteiger partial charge is 0.0352 e. The lowest BCUT2D eigenvalue weighted by Gasteiger charge is -2.08. The fraction of sp³-hybridized carbons (Fsp3) is 0.500. The minimum absolute atomic E-state index is 0.802. The predicted molar refractivity (Wildman–Crippen MR) is 68.4 cm³/mol. The van der Waals surface area contributed by atoms with E-state index in [4.69, 9.17) is 0 Å². The molecule has 1 aliphatic rings. The molecule has 15 heavy (non-hydrogen) atoms. The molecule has 82 valence electrons. The molecule has 0 bridgehead atoms. The third kappa shape index (κ3) is 3.50. The summed E-state index contributed by atoms with van der Waals surface area (Å²) < 4.78 is 1.17. The van der Waals surface area contributed by atoms with E-state index in [1.54, 1.807) is 0 Å². The van der Waals surface area contributed by atoms with E-state index in [1.165, 1.54) is 28.6 Å². The lowest BCUT2D eigenvalue weighted by atomic mass is 10.2. The Labute approximate surface area is 99.6 Å². The normalized spacial score (nSPS) is 15.3. The highest BCUT2D eigenvalue weighted by molar-refractivity contribution is 9.10. The van der Waals surface area contributed by atoms with Crippen LogP contribution in [0.5, 0.6) is 0 Å². The Morgan fingerprint density at radius 1 is 1.33 bits per heavy atom. The van der Waals surface area contributed by atoms with Crippen LogP contribution >= 0.6 is 15.9 Å². The molecule has 0 radical (unpaired) electrons. The summed E-state index contributed by atoms with van der Waals surface area (Å²) in [5.74, 6) is 0. The number of hydrogen-bond donors (Lipinski definition) is 2. The minimum atomic E-state index is 0.802. The van der Waals surface area contributed by atoms with Gasteiger partial charge in [0.15, 0.2) is 0 Å². The first-order chi connectivity index (χ1) is 7.25. The Balaban J connectivity index is 1.74. The Hall–Kier alpha value is -0.540. The third-order valence-electron chi connectivity index (χ3n) is 2.64. The summed E-state index contributed by atoms with van der Waals surface area (Å²) in [6.45, 7) is 4.14. The Kier molecular flexibility index (Phi) is 3.65. The Bertz CT molecular complexity index is 334. The van der Waals surface area contributed by atoms with E-state index in [9.17, 15) is 0 Å². The van der Waals surface area contributed by atoms with Gasteiger partial charge in [0.25, 0.3) is 0 Å². The van der Waals surface area contributed by atoms with Crippen molar-refractivity contribution in [1.29, 1.82) is 0 Å². The van der Waals surface area contributed by atoms with Crippen molar-refractivity contribution in [3.63, 3.8) is 0 Å². The molecule has 3 heteroatoms. The number of aryl methyl sites for hydroxylation is 1. The van der Waals surface area contributed by atoms with Gasteiger partial charge in [-0.2, -0.15) is 0 Å². The van der Waals surface area contributed by atoms with Gasteiger partial charge in [-0.1, -0.05) is 22.0 Å². The average Bonchev–Trinajstić information content (AvgIpc) is 3.02. The number of benzene rings is 1. The van der Waals surface area contributed by atoms with Gasteiger partial charge < -0.3 is 10.6 Å². The molecule has 0 amide bonds. The van der Waals surface area contributed by atoms with Crippen LogP contribution in [0.15, 0.2) is 22.7 Å². The summed E-state index contributed by atoms with van der Waals surface area (Å²) >= 11 is 3.53. The number of anilines is 1. The average molecular weight is 269 g/mol. The SMILES string of the molecule is Cc1ccc(NCCNC2CC2)cc1Br. The maximum atomic E-state index is 3.53. The van der Waals surface area contributed by atoms with Crippen molar-refractivity contribution in [3.8, 4) is 0 Å². The summed E-state index contributed by atoms with van der Waals surface area (Å²) in [4.78, 5) is 0. The third-order valence-corrected chi connectivity index (χ3v) is 3.49. The molecule has 0 heterocycles. The van der Waals surface area contributed by atoms with Crippen LogP contribution in [-0.2, 0) is 0 Å². The van der Waals surface area contributed by atoms with Gasteiger partial charge in [-0.3, -0.25) is 0 Å². The molecule has 1 fully saturated rings. The van der Waals surface area contributed by atoms with Crippen LogP contribution in [0.1, 0.15) is 18.4 Å². The van der Waals surface area contributed by atoms with Crippen LogP contribution in [0.4, 0.5) is 5.69 Å². The number of rotatable bonds is 5. The molecule has 1 saturated carbocycles. The lowest BCUT2D eigenvalue weighted by molar-refractivity contribution is 0.701. The highest BCUT2D eigenvalue weighted by Crippen LogP contribution is 2.20. The van der Waals surface area contributed by atoms with E-state index >= 15 is 0 Å². The standard InChI is InChI=1S/C12H17BrN2/c1-9-2-3-11(8-12(9)13)15-7-6-14-10-4-5-10/h2-3,8,10,14-15H,4-7H2,1H3. The van der Waals surface area contributed by atoms with Crippen molar-refractivity contribution in [2.45, 2.75) is 25.8 Å². The van der Waals surface area contributed by atoms with Gasteiger partial charge in [0.2, 0.25) is 0 Å². The van der Waals surface area contributed by atoms with Crippen molar-refractivity contribution in [2.24, 2.45) is 0 Å². The van der Waals surface area contributed by atoms with E-state index in [0.29, 0.717) is 0 Å². The van der Waals surface area contributed by atoms with Crippen LogP contribution < -0.4 is 10.6 Å². The van der Waals surface area contributed by atoms with Gasteiger partial charge in [-0.05, 0) is 37.5 Å². The Morgan fingerprint density at radius 2 is 2.13 bits per heavy atom. The van der Waals surface area contributed by atoms with Crippen LogP contribution in [0, 0.1) is 6.92 Å². The number of nitrogens with one attached hydrogen (secondary N) is 2. The second kappa shape index (κ2) is 4.99. The van der Waals surface area contributed by atoms with E-state index in [-0.39, 0.29) is 0 Å². The molecule has 0 atom stereocenters. The van der Waals surface area contributed by atoms with Gasteiger partial charge in [0, 0.05) is 29.3 Å². The second-order valence-corrected chi connectivity index (χ2v) is 4.97. The fourth-order valence-electron chi connectivity index (χ4n) is 1.47. The maximum absolute atomic E-state index is 3.53. The highest BCUT2D eigenvalue weighted by atomic mass is 79.9. The zero-order valence-electron chi connectivity index (χ0n) is 9.02. The van der Waals surface area contributed by atoms with E-state index < -0.39 is 0 Å². The largest absolute Gasteiger partial charge is 0.384 e. The van der Waals surface area contributed by atoms with Crippen LogP contribution in [0.2, 0.25) is 0 Å². The molecule has 0 unspecified atom stereocenters. The zero-order chi connectivity index (χ0) is 10.7. The fourth-order valence-corrected chi connectivity index (χ4v) is 1.85. The summed E-state index contributed by atoms with van der Waals surface area (Å²) in [5.41, 5.74) is 2.46. The quantitative estimate of drug-likeness (QED) is 0.803. The first kappa shape index (κ1) is 11.0. The van der Waals surface area contributed by atoms with E-state index in [2.05, 4.69) is 51.7 Å². The summed E-state index contributed by atoms with van der Waals surface area (Å²) in [7, 11) is 0. The van der Waals surface area contributed by atoms with Crippen LogP contribution in [-0.4, -0.2) is 19.1 Å². The zero-order valence-corrected chi connectivity index (χ0v) is 10.6. The van der Waals surface area contributed by atoms with Crippen LogP contribution in [0.3, 0.4) is 0 Å². The first-order valence-corrected chi connectivity index (χ1v) is 6.28. The van der Waals surface area contributed by atoms with E-state index in [1.807, 2.05) is 0 Å². The molecule has 1 aromatic carbocycles. The van der Waals surface area contributed by atoms with Crippen molar-refractivity contribution < 1.29 is 0 Å². The van der Waals surface area contributed by atoms with Crippen molar-refractivity contribution >= 4 is 21.6 Å². The molecule has 0 aliphatic heterocycles. The molecular weight excluding hydrogens is 252 g/mol. The highest BCUT2D eigenvalue weighted by Gasteiger charge is 2.19. The number of hydrogen-bond acceptors (Lipinski definition) is 2. The summed E-state index contributed by atoms with van der Waals surface area (Å²) in [5, 5.41) is 6.88. The molecule has 0 aromatic heterocycles. The molecular formula is C12H17BrN2.